The molecule has 7 nitrogen and oxygen atoms in total. The minimum absolute atomic E-state index is 0. The summed E-state index contributed by atoms with van der Waals surface area (Å²) in [6.45, 7) is 7.65. The molecule has 0 saturated carbocycles. The van der Waals surface area contributed by atoms with Crippen molar-refractivity contribution >= 4 is 5.97 Å². The van der Waals surface area contributed by atoms with Gasteiger partial charge in [0.2, 0.25) is 0 Å². The lowest BCUT2D eigenvalue weighted by Gasteiger charge is -2.23. The van der Waals surface area contributed by atoms with Crippen LogP contribution in [0.25, 0.3) is 0 Å². The average Bonchev–Trinajstić information content (AvgIpc) is 3.07. The predicted octanol–water partition coefficient (Wildman–Crippen LogP) is 7.78. The molecule has 4 N–H and O–H groups in total. The van der Waals surface area contributed by atoms with E-state index in [0.717, 1.165) is 17.3 Å². The van der Waals surface area contributed by atoms with Crippen LogP contribution in [0.1, 0.15) is 206 Å². The fourth-order valence-corrected chi connectivity index (χ4v) is 6.19. The van der Waals surface area contributed by atoms with Gasteiger partial charge in [-0.2, -0.15) is 0 Å². The molecule has 0 aliphatic rings. The van der Waals surface area contributed by atoms with Crippen molar-refractivity contribution in [1.29, 1.82) is 0 Å². The molecule has 0 aromatic carbocycles. The summed E-state index contributed by atoms with van der Waals surface area (Å²) in [5, 5.41) is 34.0. The first-order valence-electron chi connectivity index (χ1n) is 21.8. The van der Waals surface area contributed by atoms with Crippen LogP contribution in [0.2, 0.25) is 0 Å². The van der Waals surface area contributed by atoms with Crippen molar-refractivity contribution in [1.82, 2.24) is 4.90 Å². The maximum absolute atomic E-state index is 10.3. The van der Waals surface area contributed by atoms with Crippen LogP contribution >= 0.6 is 0 Å². The number of halogens is 1. The summed E-state index contributed by atoms with van der Waals surface area (Å²) in [4.78, 5) is 12.1. The number of carboxylic acid groups (broad SMARTS) is 1. The summed E-state index contributed by atoms with van der Waals surface area (Å²) in [5.41, 5.74) is 0. The SMILES string of the molecule is CCCCCCCCCCCCCCCCCC(=O)O.CCCCCCCCCCCCCCCC[N+](C)(C)C.OCCN(CCO)CCO.[Br-]. The highest BCUT2D eigenvalue weighted by molar-refractivity contribution is 5.66. The number of quaternary nitrogens is 1. The molecule has 8 heteroatoms. The van der Waals surface area contributed by atoms with Crippen LogP contribution < -0.4 is 17.0 Å². The van der Waals surface area contributed by atoms with Crippen LogP contribution in [0, 0.1) is 0 Å². The summed E-state index contributed by atoms with van der Waals surface area (Å²) >= 11 is 0. The molecule has 312 valence electrons. The minimum atomic E-state index is -0.653. The predicted molar refractivity (Wildman–Crippen MR) is 218 cm³/mol. The van der Waals surface area contributed by atoms with E-state index in [2.05, 4.69) is 35.0 Å². The van der Waals surface area contributed by atoms with Gasteiger partial charge in [0, 0.05) is 26.1 Å². The van der Waals surface area contributed by atoms with Gasteiger partial charge in [-0.25, -0.2) is 0 Å². The Hall–Kier alpha value is -0.250. The Morgan fingerprint density at radius 3 is 0.882 bits per heavy atom. The number of hydrogen-bond acceptors (Lipinski definition) is 5. The van der Waals surface area contributed by atoms with Crippen molar-refractivity contribution < 1.29 is 46.7 Å². The van der Waals surface area contributed by atoms with E-state index in [1.807, 2.05) is 0 Å². The lowest BCUT2D eigenvalue weighted by Crippen LogP contribution is -3.00. The molecule has 0 fully saturated rings. The number of aliphatic hydroxyl groups is 3. The molecule has 0 rings (SSSR count). The Bertz CT molecular complexity index is 607. The molecule has 0 saturated heterocycles. The molecule has 0 atom stereocenters. The largest absolute Gasteiger partial charge is 1.00 e. The summed E-state index contributed by atoms with van der Waals surface area (Å²) in [6.07, 6.45) is 40.6. The van der Waals surface area contributed by atoms with Gasteiger partial charge in [0.1, 0.15) is 0 Å². The summed E-state index contributed by atoms with van der Waals surface area (Å²) in [6, 6.07) is 0. The standard InChI is InChI=1S/C19H42N.C18H36O2.C6H15NO3.BrH/c1-5-6-7-8-9-10-11-12-13-14-15-16-17-18-19-20(2,3)4;1-2-3-4-5-6-7-8-9-10-11-12-13-14-15-16-17-18(19)20;8-4-1-7(2-5-9)3-6-10;/h5-19H2,1-4H3;2-17H2,1H3,(H,19,20);8-10H,1-6H2;1H/q+1;;;/p-1. The topological polar surface area (TPSA) is 101 Å². The second-order valence-corrected chi connectivity index (χ2v) is 15.7. The van der Waals surface area contributed by atoms with Gasteiger partial charge in [-0.3, -0.25) is 9.69 Å². The number of hydrogen-bond donors (Lipinski definition) is 4. The van der Waals surface area contributed by atoms with Crippen molar-refractivity contribution in [2.45, 2.75) is 206 Å². The van der Waals surface area contributed by atoms with Crippen molar-refractivity contribution in [3.63, 3.8) is 0 Å². The Kier molecular flexibility index (Phi) is 56.1. The average molecular weight is 798 g/mol. The Morgan fingerprint density at radius 1 is 0.431 bits per heavy atom. The third-order valence-corrected chi connectivity index (χ3v) is 9.43. The first-order chi connectivity index (χ1) is 24.2. The van der Waals surface area contributed by atoms with Crippen LogP contribution in [0.15, 0.2) is 0 Å². The highest BCUT2D eigenvalue weighted by Gasteiger charge is 2.05. The number of rotatable bonds is 37. The quantitative estimate of drug-likeness (QED) is 0.0379. The van der Waals surface area contributed by atoms with Gasteiger partial charge in [-0.15, -0.1) is 0 Å². The Labute approximate surface area is 330 Å². The molecular weight excluding hydrogens is 704 g/mol. The molecule has 0 aromatic heterocycles. The van der Waals surface area contributed by atoms with Gasteiger partial charge in [0.25, 0.3) is 0 Å². The smallest absolute Gasteiger partial charge is 0.303 e. The van der Waals surface area contributed by atoms with Crippen molar-refractivity contribution in [3.8, 4) is 0 Å². The van der Waals surface area contributed by atoms with E-state index in [1.165, 1.54) is 180 Å². The summed E-state index contributed by atoms with van der Waals surface area (Å²) in [5.74, 6) is -0.653. The van der Waals surface area contributed by atoms with Gasteiger partial charge >= 0.3 is 5.97 Å². The zero-order valence-electron chi connectivity index (χ0n) is 35.1. The zero-order valence-corrected chi connectivity index (χ0v) is 36.7. The van der Waals surface area contributed by atoms with Gasteiger partial charge < -0.3 is 41.9 Å². The minimum Gasteiger partial charge on any atom is -1.00 e. The van der Waals surface area contributed by atoms with E-state index >= 15 is 0 Å². The van der Waals surface area contributed by atoms with E-state index < -0.39 is 5.97 Å². The second-order valence-electron chi connectivity index (χ2n) is 15.7. The summed E-state index contributed by atoms with van der Waals surface area (Å²) in [7, 11) is 6.88. The number of carbonyl (C=O) groups is 1. The van der Waals surface area contributed by atoms with Crippen LogP contribution in [0.3, 0.4) is 0 Å². The second kappa shape index (κ2) is 49.8. The van der Waals surface area contributed by atoms with Crippen LogP contribution in [0.4, 0.5) is 0 Å². The Balaban J connectivity index is -0.000000340. The number of carboxylic acids is 1. The van der Waals surface area contributed by atoms with Crippen LogP contribution in [-0.2, 0) is 4.79 Å². The molecule has 0 unspecified atom stereocenters. The van der Waals surface area contributed by atoms with E-state index in [0.29, 0.717) is 26.1 Å². The van der Waals surface area contributed by atoms with Gasteiger partial charge in [0.15, 0.2) is 0 Å². The van der Waals surface area contributed by atoms with Crippen LogP contribution in [0.5, 0.6) is 0 Å². The third-order valence-electron chi connectivity index (χ3n) is 9.43. The normalized spacial score (nSPS) is 11.1. The summed E-state index contributed by atoms with van der Waals surface area (Å²) < 4.78 is 1.12. The molecule has 0 aromatic rings. The molecule has 0 heterocycles. The van der Waals surface area contributed by atoms with Crippen molar-refractivity contribution in [2.24, 2.45) is 0 Å². The zero-order chi connectivity index (χ0) is 37.8. The van der Waals surface area contributed by atoms with Crippen molar-refractivity contribution in [3.05, 3.63) is 0 Å². The molecule has 0 aliphatic carbocycles. The maximum atomic E-state index is 10.3. The number of aliphatic carboxylic acids is 1. The highest BCUT2D eigenvalue weighted by Crippen LogP contribution is 2.15. The van der Waals surface area contributed by atoms with Crippen molar-refractivity contribution in [2.75, 3.05) is 67.1 Å². The first-order valence-corrected chi connectivity index (χ1v) is 21.8. The number of nitrogens with zero attached hydrogens (tertiary/aromatic N) is 2. The van der Waals surface area contributed by atoms with E-state index in [4.69, 9.17) is 20.4 Å². The maximum Gasteiger partial charge on any atom is 0.303 e. The number of unbranched alkanes of at least 4 members (excludes halogenated alkanes) is 27. The molecule has 0 radical (unpaired) electrons. The highest BCUT2D eigenvalue weighted by atomic mass is 79.9. The van der Waals surface area contributed by atoms with E-state index in [1.54, 1.807) is 4.90 Å². The fourth-order valence-electron chi connectivity index (χ4n) is 6.19. The van der Waals surface area contributed by atoms with E-state index in [9.17, 15) is 4.79 Å². The van der Waals surface area contributed by atoms with E-state index in [-0.39, 0.29) is 36.8 Å². The van der Waals surface area contributed by atoms with Crippen LogP contribution in [-0.4, -0.2) is 103 Å². The molecule has 51 heavy (non-hydrogen) atoms. The third kappa shape index (κ3) is 62.1. The van der Waals surface area contributed by atoms with Gasteiger partial charge in [0.05, 0.1) is 47.5 Å². The number of aliphatic hydroxyl groups excluding tert-OH is 3. The Morgan fingerprint density at radius 2 is 0.667 bits per heavy atom. The lowest BCUT2D eigenvalue weighted by molar-refractivity contribution is -0.870. The molecule has 0 aliphatic heterocycles. The van der Waals surface area contributed by atoms with Gasteiger partial charge in [-0.05, 0) is 19.3 Å². The first kappa shape index (κ1) is 57.5. The fraction of sp³-hybridized carbons (Fsp3) is 0.977. The molecule has 0 bridgehead atoms. The van der Waals surface area contributed by atoms with Gasteiger partial charge in [-0.1, -0.05) is 181 Å². The molecule has 0 amide bonds. The monoisotopic (exact) mass is 797 g/mol. The molecule has 0 spiro atoms. The lowest BCUT2D eigenvalue weighted by atomic mass is 10.0. The molecular formula is C43H93BrN2O5.